The fourth-order valence-corrected chi connectivity index (χ4v) is 1.29. The molecule has 0 bridgehead atoms. The Labute approximate surface area is 92.8 Å². The Morgan fingerprint density at radius 1 is 1.25 bits per heavy atom. The van der Waals surface area contributed by atoms with Gasteiger partial charge < -0.3 is 14.8 Å². The molecule has 0 aromatic heterocycles. The van der Waals surface area contributed by atoms with Gasteiger partial charge in [-0.2, -0.15) is 0 Å². The molecule has 0 aliphatic rings. The molecule has 0 unspecified atom stereocenters. The molecule has 0 amide bonds. The summed E-state index contributed by atoms with van der Waals surface area (Å²) >= 11 is 0. The normalized spacial score (nSPS) is 10.8. The van der Waals surface area contributed by atoms with Gasteiger partial charge in [-0.1, -0.05) is 6.07 Å². The topological polar surface area (TPSA) is 49.7 Å². The minimum atomic E-state index is -1.99. The lowest BCUT2D eigenvalue weighted by Gasteiger charge is -2.15. The van der Waals surface area contributed by atoms with Crippen LogP contribution in [-0.4, -0.2) is 23.3 Å². The Morgan fingerprint density at radius 2 is 1.81 bits per heavy atom. The van der Waals surface area contributed by atoms with Gasteiger partial charge in [0.15, 0.2) is 17.4 Å². The summed E-state index contributed by atoms with van der Waals surface area (Å²) in [6, 6.07) is 1.04. The largest absolute Gasteiger partial charge is 0.491 e. The first kappa shape index (κ1) is 12.9. The van der Waals surface area contributed by atoms with Crippen LogP contribution >= 0.6 is 0 Å². The highest BCUT2D eigenvalue weighted by molar-refractivity contribution is 6.58. The minimum Gasteiger partial charge on any atom is -0.485 e. The van der Waals surface area contributed by atoms with Gasteiger partial charge in [-0.3, -0.25) is 0 Å². The summed E-state index contributed by atoms with van der Waals surface area (Å²) in [5.74, 6) is -2.47. The number of hydrogen-bond acceptors (Lipinski definition) is 3. The third kappa shape index (κ3) is 2.51. The van der Waals surface area contributed by atoms with Crippen LogP contribution in [0.2, 0.25) is 0 Å². The van der Waals surface area contributed by atoms with Gasteiger partial charge in [0, 0.05) is 5.46 Å². The molecular formula is C10H13BF2O3. The first-order chi connectivity index (χ1) is 7.34. The molecule has 16 heavy (non-hydrogen) atoms. The summed E-state index contributed by atoms with van der Waals surface area (Å²) in [5, 5.41) is 17.8. The average Bonchev–Trinajstić information content (AvgIpc) is 2.17. The number of hydrogen-bond donors (Lipinski definition) is 2. The van der Waals surface area contributed by atoms with Crippen molar-refractivity contribution < 1.29 is 23.6 Å². The van der Waals surface area contributed by atoms with E-state index in [-0.39, 0.29) is 5.56 Å². The lowest BCUT2D eigenvalue weighted by molar-refractivity contribution is 0.219. The number of rotatable bonds is 3. The predicted octanol–water partition coefficient (Wildman–Crippen LogP) is 0.740. The van der Waals surface area contributed by atoms with Gasteiger partial charge in [-0.25, -0.2) is 8.78 Å². The van der Waals surface area contributed by atoms with E-state index < -0.39 is 36.1 Å². The second-order valence-electron chi connectivity index (χ2n) is 3.78. The molecule has 88 valence electrons. The molecule has 2 N–H and O–H groups in total. The van der Waals surface area contributed by atoms with Gasteiger partial charge in [-0.15, -0.1) is 0 Å². The quantitative estimate of drug-likeness (QED) is 0.753. The highest BCUT2D eigenvalue weighted by Gasteiger charge is 2.25. The molecule has 0 saturated heterocycles. The van der Waals surface area contributed by atoms with Gasteiger partial charge >= 0.3 is 7.12 Å². The third-order valence-corrected chi connectivity index (χ3v) is 2.00. The molecule has 0 heterocycles. The molecule has 0 aliphatic carbocycles. The summed E-state index contributed by atoms with van der Waals surface area (Å²) in [6.07, 6.45) is -0.408. The molecule has 1 aromatic carbocycles. The van der Waals surface area contributed by atoms with Crippen LogP contribution in [-0.2, 0) is 0 Å². The van der Waals surface area contributed by atoms with Gasteiger partial charge in [0.2, 0.25) is 0 Å². The lowest BCUT2D eigenvalue weighted by Crippen LogP contribution is -2.34. The lowest BCUT2D eigenvalue weighted by atomic mass is 9.79. The smallest absolute Gasteiger partial charge is 0.485 e. The summed E-state index contributed by atoms with van der Waals surface area (Å²) in [7, 11) is -1.99. The molecule has 6 heteroatoms. The van der Waals surface area contributed by atoms with Crippen molar-refractivity contribution in [1.29, 1.82) is 0 Å². The van der Waals surface area contributed by atoms with Gasteiger partial charge in [0.25, 0.3) is 0 Å². The highest BCUT2D eigenvalue weighted by Crippen LogP contribution is 2.24. The van der Waals surface area contributed by atoms with Crippen LogP contribution in [0.15, 0.2) is 6.07 Å². The van der Waals surface area contributed by atoms with E-state index in [1.807, 2.05) is 0 Å². The molecule has 0 spiro atoms. The second kappa shape index (κ2) is 4.80. The molecule has 0 radical (unpaired) electrons. The van der Waals surface area contributed by atoms with E-state index in [1.165, 1.54) is 6.92 Å². The zero-order chi connectivity index (χ0) is 12.5. The van der Waals surface area contributed by atoms with Crippen molar-refractivity contribution in [3.8, 4) is 5.75 Å². The Bertz CT molecular complexity index is 394. The van der Waals surface area contributed by atoms with Crippen LogP contribution in [0.1, 0.15) is 19.4 Å². The van der Waals surface area contributed by atoms with E-state index in [9.17, 15) is 8.78 Å². The first-order valence-electron chi connectivity index (χ1n) is 4.85. The van der Waals surface area contributed by atoms with Crippen molar-refractivity contribution in [3.05, 3.63) is 23.3 Å². The minimum absolute atomic E-state index is 0.0974. The van der Waals surface area contributed by atoms with Crippen molar-refractivity contribution in [2.24, 2.45) is 0 Å². The van der Waals surface area contributed by atoms with Crippen LogP contribution in [0.3, 0.4) is 0 Å². The SMILES string of the molecule is Cc1cc(B(O)O)c(F)c(OC(C)C)c1F. The molecule has 1 aromatic rings. The van der Waals surface area contributed by atoms with Crippen LogP contribution in [0.4, 0.5) is 8.78 Å². The molecule has 0 saturated carbocycles. The number of halogens is 2. The number of aryl methyl sites for hydroxylation is 1. The average molecular weight is 230 g/mol. The van der Waals surface area contributed by atoms with Gasteiger partial charge in [0.1, 0.15) is 0 Å². The standard InChI is InChI=1S/C10H13BF2O3/c1-5(2)16-10-8(12)6(3)4-7(9(10)13)11(14)15/h4-5,14-15H,1-3H3. The maximum atomic E-state index is 13.6. The number of benzene rings is 1. The molecule has 0 fully saturated rings. The maximum Gasteiger partial charge on any atom is 0.491 e. The molecule has 3 nitrogen and oxygen atoms in total. The predicted molar refractivity (Wildman–Crippen MR) is 56.7 cm³/mol. The Morgan fingerprint density at radius 3 is 2.25 bits per heavy atom. The van der Waals surface area contributed by atoms with E-state index in [2.05, 4.69) is 0 Å². The Hall–Kier alpha value is -1.14. The molecule has 0 atom stereocenters. The summed E-state index contributed by atoms with van der Waals surface area (Å²) < 4.78 is 32.2. The fourth-order valence-electron chi connectivity index (χ4n) is 1.29. The zero-order valence-electron chi connectivity index (χ0n) is 9.29. The summed E-state index contributed by atoms with van der Waals surface area (Å²) in [5.41, 5.74) is -0.297. The van der Waals surface area contributed by atoms with Crippen molar-refractivity contribution in [3.63, 3.8) is 0 Å². The van der Waals surface area contributed by atoms with E-state index in [1.54, 1.807) is 13.8 Å². The van der Waals surface area contributed by atoms with E-state index in [0.717, 1.165) is 6.07 Å². The van der Waals surface area contributed by atoms with E-state index in [4.69, 9.17) is 14.8 Å². The Balaban J connectivity index is 3.33. The zero-order valence-corrected chi connectivity index (χ0v) is 9.29. The van der Waals surface area contributed by atoms with Crippen LogP contribution < -0.4 is 10.2 Å². The van der Waals surface area contributed by atoms with Crippen molar-refractivity contribution in [2.75, 3.05) is 0 Å². The summed E-state index contributed by atoms with van der Waals surface area (Å²) in [4.78, 5) is 0. The molecule has 0 aliphatic heterocycles. The van der Waals surface area contributed by atoms with Gasteiger partial charge in [0.05, 0.1) is 6.10 Å². The third-order valence-electron chi connectivity index (χ3n) is 2.00. The fraction of sp³-hybridized carbons (Fsp3) is 0.400. The van der Waals surface area contributed by atoms with Crippen LogP contribution in [0.5, 0.6) is 5.75 Å². The highest BCUT2D eigenvalue weighted by atomic mass is 19.1. The summed E-state index contributed by atoms with van der Waals surface area (Å²) in [6.45, 7) is 4.64. The van der Waals surface area contributed by atoms with Gasteiger partial charge in [-0.05, 0) is 26.3 Å². The monoisotopic (exact) mass is 230 g/mol. The van der Waals surface area contributed by atoms with Crippen molar-refractivity contribution in [1.82, 2.24) is 0 Å². The second-order valence-corrected chi connectivity index (χ2v) is 3.78. The van der Waals surface area contributed by atoms with Crippen LogP contribution in [0.25, 0.3) is 0 Å². The number of ether oxygens (including phenoxy) is 1. The first-order valence-corrected chi connectivity index (χ1v) is 4.85. The van der Waals surface area contributed by atoms with E-state index >= 15 is 0 Å². The van der Waals surface area contributed by atoms with Crippen molar-refractivity contribution >= 4 is 12.6 Å². The van der Waals surface area contributed by atoms with Crippen molar-refractivity contribution in [2.45, 2.75) is 26.9 Å². The Kier molecular flexibility index (Phi) is 3.88. The molecular weight excluding hydrogens is 217 g/mol. The maximum absolute atomic E-state index is 13.6. The molecule has 1 rings (SSSR count). The van der Waals surface area contributed by atoms with E-state index in [0.29, 0.717) is 0 Å². The van der Waals surface area contributed by atoms with Crippen LogP contribution in [0, 0.1) is 18.6 Å².